The summed E-state index contributed by atoms with van der Waals surface area (Å²) >= 11 is 8.41. The summed E-state index contributed by atoms with van der Waals surface area (Å²) in [4.78, 5) is 74.6. The number of piperidine rings is 1. The molecule has 2 bridgehead atoms. The average Bonchev–Trinajstić information content (AvgIpc) is 3.54. The maximum atomic E-state index is 13.5. The van der Waals surface area contributed by atoms with Crippen LogP contribution in [0.3, 0.4) is 0 Å². The third-order valence-electron chi connectivity index (χ3n) is 10.1. The van der Waals surface area contributed by atoms with E-state index in [2.05, 4.69) is 27.8 Å². The Morgan fingerprint density at radius 2 is 1.90 bits per heavy atom. The number of hydrogen-bond acceptors (Lipinski definition) is 13. The summed E-state index contributed by atoms with van der Waals surface area (Å²) < 4.78 is 0.654. The molecule has 3 fully saturated rings. The number of benzene rings is 1. The summed E-state index contributed by atoms with van der Waals surface area (Å²) in [5, 5.41) is 39.5. The molecule has 272 valence electrons. The van der Waals surface area contributed by atoms with Gasteiger partial charge in [-0.2, -0.15) is 0 Å². The molecule has 2 aromatic rings. The Balaban J connectivity index is 1.13. The van der Waals surface area contributed by atoms with Gasteiger partial charge in [-0.25, -0.2) is 9.78 Å². The Morgan fingerprint density at radius 3 is 2.49 bits per heavy atom. The molecule has 1 unspecified atom stereocenters. The molecular weight excluding hydrogens is 726 g/mol. The smallest absolute Gasteiger partial charge is 0.350 e. The van der Waals surface area contributed by atoms with Crippen LogP contribution in [-0.2, 0) is 24.0 Å². The van der Waals surface area contributed by atoms with Crippen molar-refractivity contribution in [2.45, 2.75) is 74.7 Å². The number of phenols is 2. The number of thioether (sulfide) groups is 1. The van der Waals surface area contributed by atoms with Crippen LogP contribution in [0.25, 0.3) is 0 Å². The number of carbonyl (C=O) groups is 5. The van der Waals surface area contributed by atoms with Crippen LogP contribution in [0.4, 0.5) is 5.13 Å². The summed E-state index contributed by atoms with van der Waals surface area (Å²) in [6.45, 7) is 3.06. The molecule has 6 rings (SSSR count). The van der Waals surface area contributed by atoms with E-state index in [4.69, 9.17) is 22.2 Å². The monoisotopic (exact) mass is 762 g/mol. The van der Waals surface area contributed by atoms with E-state index in [0.717, 1.165) is 29.8 Å². The standard InChI is InChI=1S/C32H36ClN7O9S2/c1-32(2,30(47)48)49-38-23(20-13-51-31(34)36-20)27(45)37-24-28(46)39-21(11-41)15(12-50-29(24)39)10-40(3)17-4-5-18(40)9-16(8-17)35-26(44)14-6-19(33)25(43)22(42)7-14/h6-7,11,13,16-18,24,29H,4-5,8-10,12H2,1-3H3,(H6-,34,35,36,37,38,42,43,44,45,47,48)/p+1/t16-,17+,18-,24-,29-,40?/m1/s1. The second kappa shape index (κ2) is 13.6. The number of nitrogen functional groups attached to an aromatic ring is 1. The number of nitrogens with one attached hydrogen (secondary N) is 2. The predicted octanol–water partition coefficient (Wildman–Crippen LogP) is 1.80. The number of halogens is 1. The van der Waals surface area contributed by atoms with Crippen molar-refractivity contribution in [1.29, 1.82) is 0 Å². The Hall–Kier alpha value is -4.39. The Morgan fingerprint density at radius 1 is 1.22 bits per heavy atom. The molecule has 3 amide bonds. The number of allylic oxidation sites excluding steroid dienone is 1. The van der Waals surface area contributed by atoms with Crippen molar-refractivity contribution >= 4 is 75.5 Å². The first kappa shape index (κ1) is 36.4. The van der Waals surface area contributed by atoms with Gasteiger partial charge >= 0.3 is 5.97 Å². The second-order valence-electron chi connectivity index (χ2n) is 13.7. The van der Waals surface area contributed by atoms with Crippen LogP contribution >= 0.6 is 34.7 Å². The molecule has 0 aliphatic carbocycles. The van der Waals surface area contributed by atoms with Crippen molar-refractivity contribution in [3.63, 3.8) is 0 Å². The van der Waals surface area contributed by atoms with Gasteiger partial charge in [-0.1, -0.05) is 16.8 Å². The van der Waals surface area contributed by atoms with E-state index in [-0.39, 0.29) is 50.9 Å². The number of carbonyl (C=O) groups excluding carboxylic acids is 4. The molecule has 6 atom stereocenters. The van der Waals surface area contributed by atoms with E-state index in [9.17, 15) is 39.3 Å². The Kier molecular flexibility index (Phi) is 9.73. The third-order valence-corrected chi connectivity index (χ3v) is 12.4. The number of likely N-dealkylation sites (N-methyl/N-ethyl adjacent to an activating group) is 1. The third kappa shape index (κ3) is 6.72. The molecule has 51 heavy (non-hydrogen) atoms. The predicted molar refractivity (Wildman–Crippen MR) is 187 cm³/mol. The molecule has 0 radical (unpaired) electrons. The van der Waals surface area contributed by atoms with Gasteiger partial charge in [0.1, 0.15) is 23.7 Å². The number of phenolic OH excluding ortho intramolecular Hbond substituents is 2. The van der Waals surface area contributed by atoms with E-state index in [0.29, 0.717) is 35.9 Å². The van der Waals surface area contributed by atoms with E-state index in [1.165, 1.54) is 48.0 Å². The van der Waals surface area contributed by atoms with Crippen LogP contribution in [0.15, 0.2) is 33.9 Å². The van der Waals surface area contributed by atoms with Crippen molar-refractivity contribution in [2.75, 3.05) is 25.1 Å². The van der Waals surface area contributed by atoms with Gasteiger partial charge < -0.3 is 41.0 Å². The topological polar surface area (TPSA) is 234 Å². The first-order chi connectivity index (χ1) is 24.0. The Labute approximate surface area is 305 Å². The number of fused-ring (bicyclic) bond motifs is 3. The number of thiazole rings is 1. The molecule has 7 N–H and O–H groups in total. The van der Waals surface area contributed by atoms with Gasteiger partial charge in [0.25, 0.3) is 17.7 Å². The number of carboxylic acid groups (broad SMARTS) is 1. The highest BCUT2D eigenvalue weighted by Gasteiger charge is 2.56. The van der Waals surface area contributed by atoms with Crippen molar-refractivity contribution in [3.8, 4) is 11.5 Å². The molecule has 1 aromatic carbocycles. The van der Waals surface area contributed by atoms with Gasteiger partial charge in [0, 0.05) is 54.0 Å². The minimum Gasteiger partial charge on any atom is -0.504 e. The van der Waals surface area contributed by atoms with Gasteiger partial charge in [-0.15, -0.1) is 23.1 Å². The molecular formula is C32H37ClN7O9S2+. The maximum absolute atomic E-state index is 13.5. The van der Waals surface area contributed by atoms with Gasteiger partial charge in [-0.3, -0.25) is 24.1 Å². The number of β-lactam (4-membered cyclic amide) rings is 1. The second-order valence-corrected chi connectivity index (χ2v) is 16.1. The highest BCUT2D eigenvalue weighted by atomic mass is 35.5. The highest BCUT2D eigenvalue weighted by Crippen LogP contribution is 2.45. The molecule has 0 spiro atoms. The summed E-state index contributed by atoms with van der Waals surface area (Å²) in [5.74, 6) is -3.53. The molecule has 4 aliphatic heterocycles. The van der Waals surface area contributed by atoms with Gasteiger partial charge in [-0.05, 0) is 26.0 Å². The van der Waals surface area contributed by atoms with Crippen LogP contribution in [-0.4, -0.2) is 120 Å². The lowest BCUT2D eigenvalue weighted by Crippen LogP contribution is -2.71. The number of aldehydes is 1. The molecule has 19 heteroatoms. The van der Waals surface area contributed by atoms with Crippen LogP contribution in [0.1, 0.15) is 55.6 Å². The van der Waals surface area contributed by atoms with Gasteiger partial charge in [0.05, 0.1) is 29.9 Å². The number of aromatic hydroxyl groups is 2. The van der Waals surface area contributed by atoms with Gasteiger partial charge in [0.15, 0.2) is 28.6 Å². The number of hydrogen-bond donors (Lipinski definition) is 6. The molecule has 0 saturated carbocycles. The highest BCUT2D eigenvalue weighted by molar-refractivity contribution is 8.00. The minimum absolute atomic E-state index is 0.0471. The fourth-order valence-electron chi connectivity index (χ4n) is 7.24. The normalized spacial score (nSPS) is 27.4. The van der Waals surface area contributed by atoms with Crippen molar-refractivity contribution in [1.82, 2.24) is 20.5 Å². The number of nitrogens with two attached hydrogens (primary N) is 1. The molecule has 1 aromatic heterocycles. The number of oxime groups is 1. The number of rotatable bonds is 11. The van der Waals surface area contributed by atoms with E-state index >= 15 is 0 Å². The van der Waals surface area contributed by atoms with Crippen LogP contribution in [0, 0.1) is 0 Å². The summed E-state index contributed by atoms with van der Waals surface area (Å²) in [6, 6.07) is 1.72. The summed E-state index contributed by atoms with van der Waals surface area (Å²) in [5.41, 5.74) is 4.92. The SMILES string of the molecule is CC(C)(O/N=C(\C(=O)N[C@@H]1C(=O)N2C(C=O)=C(C[N+]3(C)[C@@H]4CC[C@H]3C[C@@H](NC(=O)c3cc(O)c(O)c(Cl)c3)C4)CS[C@H]12)c1csc(N)n1)C(=O)O. The van der Waals surface area contributed by atoms with Gasteiger partial charge in [0.2, 0.25) is 5.60 Å². The maximum Gasteiger partial charge on any atom is 0.350 e. The average molecular weight is 763 g/mol. The van der Waals surface area contributed by atoms with E-state index < -0.39 is 52.2 Å². The van der Waals surface area contributed by atoms with Crippen LogP contribution in [0.2, 0.25) is 5.02 Å². The largest absolute Gasteiger partial charge is 0.504 e. The summed E-state index contributed by atoms with van der Waals surface area (Å²) in [7, 11) is 2.14. The zero-order chi connectivity index (χ0) is 37.0. The zero-order valence-electron chi connectivity index (χ0n) is 27.8. The molecule has 3 saturated heterocycles. The lowest BCUT2D eigenvalue weighted by Gasteiger charge is -2.52. The van der Waals surface area contributed by atoms with Crippen LogP contribution in [0.5, 0.6) is 11.5 Å². The number of aromatic nitrogens is 1. The van der Waals surface area contributed by atoms with Crippen molar-refractivity contribution in [2.24, 2.45) is 5.16 Å². The van der Waals surface area contributed by atoms with Crippen molar-refractivity contribution in [3.05, 3.63) is 45.1 Å². The first-order valence-electron chi connectivity index (χ1n) is 16.0. The lowest BCUT2D eigenvalue weighted by molar-refractivity contribution is -0.944. The number of amides is 3. The lowest BCUT2D eigenvalue weighted by atomic mass is 9.93. The fraction of sp³-hybridized carbons (Fsp3) is 0.469. The number of anilines is 1. The molecule has 16 nitrogen and oxygen atoms in total. The van der Waals surface area contributed by atoms with E-state index in [1.54, 1.807) is 0 Å². The Bertz CT molecular complexity index is 1840. The minimum atomic E-state index is -1.76. The van der Waals surface area contributed by atoms with Crippen LogP contribution < -0.4 is 16.4 Å². The number of carboxylic acids is 1. The number of quaternary nitrogens is 1. The molecule has 5 heterocycles. The van der Waals surface area contributed by atoms with E-state index in [1.807, 2.05) is 0 Å². The number of nitrogens with zero attached hydrogens (tertiary/aromatic N) is 4. The first-order valence-corrected chi connectivity index (χ1v) is 18.4. The van der Waals surface area contributed by atoms with Crippen molar-refractivity contribution < 1.29 is 48.6 Å². The summed E-state index contributed by atoms with van der Waals surface area (Å²) in [6.07, 6.45) is 3.92. The molecule has 4 aliphatic rings. The zero-order valence-corrected chi connectivity index (χ0v) is 30.2. The quantitative estimate of drug-likeness (QED) is 0.0481. The fourth-order valence-corrected chi connectivity index (χ4v) is 9.36. The number of aliphatic carboxylic acids is 1.